The number of fused-ring (bicyclic) bond motifs is 1. The van der Waals surface area contributed by atoms with Crippen LogP contribution in [0.2, 0.25) is 0 Å². The fourth-order valence-corrected chi connectivity index (χ4v) is 2.82. The molecule has 0 radical (unpaired) electrons. The SMILES string of the molecule is CCC(C)SCC(=O)Cc1nn(C)c2ccccc12. The van der Waals surface area contributed by atoms with E-state index in [9.17, 15) is 4.79 Å². The van der Waals surface area contributed by atoms with E-state index < -0.39 is 0 Å². The van der Waals surface area contributed by atoms with Crippen molar-refractivity contribution in [2.45, 2.75) is 31.9 Å². The van der Waals surface area contributed by atoms with E-state index in [1.807, 2.05) is 36.0 Å². The lowest BCUT2D eigenvalue weighted by Gasteiger charge is -2.06. The van der Waals surface area contributed by atoms with Crippen molar-refractivity contribution in [3.05, 3.63) is 30.0 Å². The molecule has 102 valence electrons. The summed E-state index contributed by atoms with van der Waals surface area (Å²) in [5, 5.41) is 6.10. The summed E-state index contributed by atoms with van der Waals surface area (Å²) >= 11 is 1.73. The van der Waals surface area contributed by atoms with Crippen LogP contribution in [0, 0.1) is 0 Å². The van der Waals surface area contributed by atoms with Crippen molar-refractivity contribution in [2.24, 2.45) is 7.05 Å². The maximum atomic E-state index is 12.0. The highest BCUT2D eigenvalue weighted by Gasteiger charge is 2.13. The summed E-state index contributed by atoms with van der Waals surface area (Å²) in [4.78, 5) is 12.0. The summed E-state index contributed by atoms with van der Waals surface area (Å²) in [6.45, 7) is 4.31. The molecule has 4 heteroatoms. The first-order valence-electron chi connectivity index (χ1n) is 6.65. The number of hydrogen-bond donors (Lipinski definition) is 0. The van der Waals surface area contributed by atoms with Crippen LogP contribution in [0.1, 0.15) is 26.0 Å². The van der Waals surface area contributed by atoms with Gasteiger partial charge in [0.1, 0.15) is 5.78 Å². The van der Waals surface area contributed by atoms with Crippen LogP contribution in [0.25, 0.3) is 10.9 Å². The summed E-state index contributed by atoms with van der Waals surface area (Å²) in [6.07, 6.45) is 1.54. The van der Waals surface area contributed by atoms with E-state index in [-0.39, 0.29) is 5.78 Å². The molecule has 1 atom stereocenters. The Morgan fingerprint density at radius 1 is 1.42 bits per heavy atom. The van der Waals surface area contributed by atoms with Crippen molar-refractivity contribution in [1.29, 1.82) is 0 Å². The zero-order chi connectivity index (χ0) is 13.8. The fourth-order valence-electron chi connectivity index (χ4n) is 2.01. The molecule has 3 nitrogen and oxygen atoms in total. The third kappa shape index (κ3) is 3.38. The molecule has 0 saturated heterocycles. The zero-order valence-corrected chi connectivity index (χ0v) is 12.5. The Morgan fingerprint density at radius 2 is 2.16 bits per heavy atom. The molecule has 1 aromatic heterocycles. The van der Waals surface area contributed by atoms with E-state index in [1.165, 1.54) is 0 Å². The Balaban J connectivity index is 2.07. The first-order chi connectivity index (χ1) is 9.11. The minimum atomic E-state index is 0.258. The van der Waals surface area contributed by atoms with Gasteiger partial charge in [-0.25, -0.2) is 0 Å². The van der Waals surface area contributed by atoms with Crippen molar-refractivity contribution >= 4 is 28.4 Å². The van der Waals surface area contributed by atoms with Gasteiger partial charge in [0.15, 0.2) is 0 Å². The highest BCUT2D eigenvalue weighted by atomic mass is 32.2. The molecule has 0 bridgehead atoms. The lowest BCUT2D eigenvalue weighted by atomic mass is 10.1. The van der Waals surface area contributed by atoms with Gasteiger partial charge >= 0.3 is 0 Å². The van der Waals surface area contributed by atoms with E-state index in [4.69, 9.17) is 0 Å². The van der Waals surface area contributed by atoms with Crippen molar-refractivity contribution in [3.63, 3.8) is 0 Å². The van der Waals surface area contributed by atoms with Crippen LogP contribution in [0.5, 0.6) is 0 Å². The largest absolute Gasteiger partial charge is 0.298 e. The Kier molecular flexibility index (Phi) is 4.64. The summed E-state index contributed by atoms with van der Waals surface area (Å²) in [6, 6.07) is 8.05. The van der Waals surface area contributed by atoms with E-state index in [0.29, 0.717) is 17.4 Å². The molecule has 0 aliphatic heterocycles. The van der Waals surface area contributed by atoms with E-state index in [2.05, 4.69) is 18.9 Å². The fraction of sp³-hybridized carbons (Fsp3) is 0.467. The van der Waals surface area contributed by atoms with Gasteiger partial charge in [0.05, 0.1) is 23.4 Å². The van der Waals surface area contributed by atoms with Gasteiger partial charge in [-0.2, -0.15) is 16.9 Å². The molecule has 0 N–H and O–H groups in total. The second-order valence-corrected chi connectivity index (χ2v) is 6.26. The summed E-state index contributed by atoms with van der Waals surface area (Å²) in [5.41, 5.74) is 1.98. The molecule has 0 aliphatic rings. The van der Waals surface area contributed by atoms with Gasteiger partial charge in [-0.1, -0.05) is 32.0 Å². The topological polar surface area (TPSA) is 34.9 Å². The van der Waals surface area contributed by atoms with Crippen LogP contribution < -0.4 is 0 Å². The van der Waals surface area contributed by atoms with Crippen LogP contribution in [-0.2, 0) is 18.3 Å². The van der Waals surface area contributed by atoms with Gasteiger partial charge in [0.25, 0.3) is 0 Å². The molecule has 1 aromatic carbocycles. The number of benzene rings is 1. The van der Waals surface area contributed by atoms with E-state index in [0.717, 1.165) is 23.0 Å². The summed E-state index contributed by atoms with van der Waals surface area (Å²) < 4.78 is 1.85. The number of nitrogens with zero attached hydrogens (tertiary/aromatic N) is 2. The number of aryl methyl sites for hydroxylation is 1. The third-order valence-electron chi connectivity index (χ3n) is 3.30. The standard InChI is InChI=1S/C15H20N2OS/c1-4-11(2)19-10-12(18)9-14-13-7-5-6-8-15(13)17(3)16-14/h5-8,11H,4,9-10H2,1-3H3. The number of Topliss-reactive ketones (excluding diaryl/α,β-unsaturated/α-hetero) is 1. The molecular formula is C15H20N2OS. The number of carbonyl (C=O) groups excluding carboxylic acids is 1. The van der Waals surface area contributed by atoms with Gasteiger partial charge in [-0.3, -0.25) is 9.48 Å². The van der Waals surface area contributed by atoms with Gasteiger partial charge < -0.3 is 0 Å². The third-order valence-corrected chi connectivity index (χ3v) is 4.69. The highest BCUT2D eigenvalue weighted by molar-refractivity contribution is 8.00. The number of rotatable bonds is 6. The Hall–Kier alpha value is -1.29. The predicted octanol–water partition coefficient (Wildman–Crippen LogP) is 3.22. The molecular weight excluding hydrogens is 256 g/mol. The van der Waals surface area contributed by atoms with Gasteiger partial charge in [-0.15, -0.1) is 0 Å². The molecule has 0 spiro atoms. The summed E-state index contributed by atoms with van der Waals surface area (Å²) in [5.74, 6) is 0.842. The second kappa shape index (κ2) is 6.24. The number of para-hydroxylation sites is 1. The van der Waals surface area contributed by atoms with Crippen molar-refractivity contribution in [3.8, 4) is 0 Å². The van der Waals surface area contributed by atoms with Crippen molar-refractivity contribution < 1.29 is 4.79 Å². The van der Waals surface area contributed by atoms with Crippen LogP contribution >= 0.6 is 11.8 Å². The van der Waals surface area contributed by atoms with Gasteiger partial charge in [-0.05, 0) is 12.5 Å². The molecule has 1 unspecified atom stereocenters. The highest BCUT2D eigenvalue weighted by Crippen LogP contribution is 2.19. The average Bonchev–Trinajstić information content (AvgIpc) is 2.73. The van der Waals surface area contributed by atoms with E-state index in [1.54, 1.807) is 11.8 Å². The zero-order valence-electron chi connectivity index (χ0n) is 11.7. The van der Waals surface area contributed by atoms with Crippen LogP contribution in [0.4, 0.5) is 0 Å². The first-order valence-corrected chi connectivity index (χ1v) is 7.70. The number of thioether (sulfide) groups is 1. The number of carbonyl (C=O) groups is 1. The normalized spacial score (nSPS) is 12.8. The lowest BCUT2D eigenvalue weighted by molar-refractivity contribution is -0.116. The minimum absolute atomic E-state index is 0.258. The molecule has 0 saturated carbocycles. The maximum absolute atomic E-state index is 12.0. The summed E-state index contributed by atoms with van der Waals surface area (Å²) in [7, 11) is 1.92. The van der Waals surface area contributed by atoms with Crippen LogP contribution in [-0.4, -0.2) is 26.6 Å². The monoisotopic (exact) mass is 276 g/mol. The number of aromatic nitrogens is 2. The maximum Gasteiger partial charge on any atom is 0.148 e. The minimum Gasteiger partial charge on any atom is -0.298 e. The molecule has 0 amide bonds. The second-order valence-electron chi connectivity index (χ2n) is 4.83. The number of ketones is 1. The molecule has 0 fully saturated rings. The van der Waals surface area contributed by atoms with Crippen molar-refractivity contribution in [2.75, 3.05) is 5.75 Å². The molecule has 19 heavy (non-hydrogen) atoms. The molecule has 0 aliphatic carbocycles. The molecule has 2 rings (SSSR count). The van der Waals surface area contributed by atoms with E-state index >= 15 is 0 Å². The lowest BCUT2D eigenvalue weighted by Crippen LogP contribution is -2.09. The molecule has 1 heterocycles. The first kappa shape index (κ1) is 14.1. The average molecular weight is 276 g/mol. The number of hydrogen-bond acceptors (Lipinski definition) is 3. The Morgan fingerprint density at radius 3 is 2.89 bits per heavy atom. The quantitative estimate of drug-likeness (QED) is 0.812. The Labute approximate surface area is 118 Å². The van der Waals surface area contributed by atoms with Crippen LogP contribution in [0.15, 0.2) is 24.3 Å². The predicted molar refractivity (Wildman–Crippen MR) is 81.6 cm³/mol. The van der Waals surface area contributed by atoms with Gasteiger partial charge in [0.2, 0.25) is 0 Å². The van der Waals surface area contributed by atoms with Crippen LogP contribution in [0.3, 0.4) is 0 Å². The molecule has 2 aromatic rings. The Bertz CT molecular complexity index is 577. The smallest absolute Gasteiger partial charge is 0.148 e. The van der Waals surface area contributed by atoms with Gasteiger partial charge in [0, 0.05) is 17.7 Å². The van der Waals surface area contributed by atoms with Crippen molar-refractivity contribution in [1.82, 2.24) is 9.78 Å².